The number of aromatic nitrogens is 1. The van der Waals surface area contributed by atoms with Crippen LogP contribution in [0.25, 0.3) is 0 Å². The zero-order valence-electron chi connectivity index (χ0n) is 12.1. The quantitative estimate of drug-likeness (QED) is 0.678. The molecule has 1 N–H and O–H groups in total. The number of nitrogens with zero attached hydrogens (tertiary/aromatic N) is 3. The van der Waals surface area contributed by atoms with E-state index in [0.717, 1.165) is 30.8 Å². The maximum absolute atomic E-state index is 4.42. The Morgan fingerprint density at radius 2 is 2.42 bits per heavy atom. The first-order valence-electron chi connectivity index (χ1n) is 6.92. The lowest BCUT2D eigenvalue weighted by atomic mass is 10.3. The van der Waals surface area contributed by atoms with Gasteiger partial charge < -0.3 is 14.8 Å². The Balaban J connectivity index is 1.91. The van der Waals surface area contributed by atoms with E-state index in [9.17, 15) is 0 Å². The van der Waals surface area contributed by atoms with Crippen molar-refractivity contribution < 1.29 is 0 Å². The molecule has 19 heavy (non-hydrogen) atoms. The van der Waals surface area contributed by atoms with Gasteiger partial charge in [-0.3, -0.25) is 4.99 Å². The molecule has 1 aromatic rings. The summed E-state index contributed by atoms with van der Waals surface area (Å²) in [7, 11) is 3.94. The molecule has 1 atom stereocenters. The minimum Gasteiger partial charge on any atom is -0.353 e. The molecule has 4 nitrogen and oxygen atoms in total. The summed E-state index contributed by atoms with van der Waals surface area (Å²) in [5.74, 6) is 2.23. The highest BCUT2D eigenvalue weighted by atomic mass is 32.2. The molecule has 0 spiro atoms. The maximum Gasteiger partial charge on any atom is 0.194 e. The molecule has 106 valence electrons. The van der Waals surface area contributed by atoms with Crippen molar-refractivity contribution in [1.29, 1.82) is 0 Å². The van der Waals surface area contributed by atoms with Crippen molar-refractivity contribution in [3.05, 3.63) is 24.0 Å². The van der Waals surface area contributed by atoms with Crippen molar-refractivity contribution in [1.82, 2.24) is 14.8 Å². The molecule has 0 saturated carbocycles. The summed E-state index contributed by atoms with van der Waals surface area (Å²) in [6.45, 7) is 5.29. The third-order valence-corrected chi connectivity index (χ3v) is 4.96. The first-order valence-corrected chi connectivity index (χ1v) is 7.97. The van der Waals surface area contributed by atoms with Crippen LogP contribution in [0.3, 0.4) is 0 Å². The van der Waals surface area contributed by atoms with E-state index >= 15 is 0 Å². The molecule has 1 fully saturated rings. The summed E-state index contributed by atoms with van der Waals surface area (Å²) < 4.78 is 2.14. The summed E-state index contributed by atoms with van der Waals surface area (Å²) in [6.07, 6.45) is 3.31. The number of aryl methyl sites for hydroxylation is 1. The van der Waals surface area contributed by atoms with E-state index in [-0.39, 0.29) is 0 Å². The molecule has 1 aliphatic rings. The van der Waals surface area contributed by atoms with Gasteiger partial charge in [-0.1, -0.05) is 6.92 Å². The van der Waals surface area contributed by atoms with Crippen LogP contribution in [0.2, 0.25) is 0 Å². The fourth-order valence-corrected chi connectivity index (χ4v) is 3.52. The second-order valence-electron chi connectivity index (χ2n) is 4.86. The molecule has 0 aromatic carbocycles. The topological polar surface area (TPSA) is 32.6 Å². The maximum atomic E-state index is 4.42. The van der Waals surface area contributed by atoms with Crippen LogP contribution in [0.4, 0.5) is 0 Å². The lowest BCUT2D eigenvalue weighted by Crippen LogP contribution is -2.47. The Morgan fingerprint density at radius 1 is 1.58 bits per heavy atom. The number of guanidine groups is 1. The van der Waals surface area contributed by atoms with Crippen LogP contribution in [0.5, 0.6) is 0 Å². The number of nitrogens with one attached hydrogen (secondary N) is 1. The number of rotatable bonds is 3. The van der Waals surface area contributed by atoms with Crippen LogP contribution in [0, 0.1) is 0 Å². The van der Waals surface area contributed by atoms with Crippen LogP contribution >= 0.6 is 11.8 Å². The molecule has 2 heterocycles. The second-order valence-corrected chi connectivity index (χ2v) is 6.27. The predicted molar refractivity (Wildman–Crippen MR) is 83.7 cm³/mol. The van der Waals surface area contributed by atoms with Crippen LogP contribution in [-0.2, 0) is 13.6 Å². The Bertz CT molecular complexity index is 427. The Hall–Kier alpha value is -1.10. The Kier molecular flexibility index (Phi) is 5.19. The highest BCUT2D eigenvalue weighted by Crippen LogP contribution is 2.21. The van der Waals surface area contributed by atoms with Crippen LogP contribution in [0.1, 0.15) is 19.0 Å². The van der Waals surface area contributed by atoms with E-state index in [1.165, 1.54) is 17.9 Å². The zero-order chi connectivity index (χ0) is 13.7. The third kappa shape index (κ3) is 3.69. The van der Waals surface area contributed by atoms with Crippen LogP contribution in [0.15, 0.2) is 23.3 Å². The van der Waals surface area contributed by atoms with Crippen molar-refractivity contribution in [3.63, 3.8) is 0 Å². The van der Waals surface area contributed by atoms with Gasteiger partial charge in [0, 0.05) is 50.1 Å². The molecule has 0 radical (unpaired) electrons. The van der Waals surface area contributed by atoms with E-state index in [1.807, 2.05) is 7.05 Å². The molecule has 0 aliphatic carbocycles. The summed E-state index contributed by atoms with van der Waals surface area (Å²) in [4.78, 5) is 6.81. The van der Waals surface area contributed by atoms with Gasteiger partial charge in [-0.15, -0.1) is 0 Å². The van der Waals surface area contributed by atoms with E-state index in [0.29, 0.717) is 0 Å². The SMILES string of the molecule is CCC1CN(C(=NC)NCc2cccn2C)CCS1. The van der Waals surface area contributed by atoms with Gasteiger partial charge in [0.15, 0.2) is 5.96 Å². The fourth-order valence-electron chi connectivity index (χ4n) is 2.34. The normalized spacial score (nSPS) is 20.7. The van der Waals surface area contributed by atoms with Gasteiger partial charge >= 0.3 is 0 Å². The minimum atomic E-state index is 0.738. The van der Waals surface area contributed by atoms with Gasteiger partial charge in [-0.25, -0.2) is 0 Å². The average Bonchev–Trinajstić information content (AvgIpc) is 2.85. The summed E-state index contributed by atoms with van der Waals surface area (Å²) >= 11 is 2.08. The lowest BCUT2D eigenvalue weighted by Gasteiger charge is -2.34. The van der Waals surface area contributed by atoms with E-state index < -0.39 is 0 Å². The highest BCUT2D eigenvalue weighted by molar-refractivity contribution is 8.00. The minimum absolute atomic E-state index is 0.738. The van der Waals surface area contributed by atoms with E-state index in [2.05, 4.69) is 63.8 Å². The van der Waals surface area contributed by atoms with Gasteiger partial charge in [0.25, 0.3) is 0 Å². The zero-order valence-corrected chi connectivity index (χ0v) is 12.9. The molecule has 1 aliphatic heterocycles. The Labute approximate surface area is 120 Å². The lowest BCUT2D eigenvalue weighted by molar-refractivity contribution is 0.407. The Morgan fingerprint density at radius 3 is 3.05 bits per heavy atom. The molecule has 1 unspecified atom stereocenters. The second kappa shape index (κ2) is 6.89. The number of hydrogen-bond donors (Lipinski definition) is 1. The molecule has 0 bridgehead atoms. The van der Waals surface area contributed by atoms with Crippen molar-refractivity contribution in [3.8, 4) is 0 Å². The molecule has 5 heteroatoms. The van der Waals surface area contributed by atoms with E-state index in [1.54, 1.807) is 0 Å². The average molecular weight is 280 g/mol. The third-order valence-electron chi connectivity index (χ3n) is 3.58. The standard InChI is InChI=1S/C14H24N4S/c1-4-13-11-18(8-9-19-13)14(15-2)16-10-12-6-5-7-17(12)3/h5-7,13H,4,8-11H2,1-3H3,(H,15,16). The smallest absolute Gasteiger partial charge is 0.194 e. The molecule has 2 rings (SSSR count). The van der Waals surface area contributed by atoms with Crippen molar-refractivity contribution in [2.75, 3.05) is 25.9 Å². The summed E-state index contributed by atoms with van der Waals surface area (Å²) in [5.41, 5.74) is 1.28. The highest BCUT2D eigenvalue weighted by Gasteiger charge is 2.21. The first-order chi connectivity index (χ1) is 9.24. The van der Waals surface area contributed by atoms with E-state index in [4.69, 9.17) is 0 Å². The number of aliphatic imine (C=N–C) groups is 1. The van der Waals surface area contributed by atoms with Gasteiger partial charge in [-0.2, -0.15) is 11.8 Å². The molecule has 1 saturated heterocycles. The number of thioether (sulfide) groups is 1. The largest absolute Gasteiger partial charge is 0.353 e. The van der Waals surface area contributed by atoms with Crippen molar-refractivity contribution in [2.45, 2.75) is 25.1 Å². The van der Waals surface area contributed by atoms with Crippen molar-refractivity contribution >= 4 is 17.7 Å². The fraction of sp³-hybridized carbons (Fsp3) is 0.643. The van der Waals surface area contributed by atoms with Gasteiger partial charge in [0.05, 0.1) is 6.54 Å². The molecular weight excluding hydrogens is 256 g/mol. The van der Waals surface area contributed by atoms with Gasteiger partial charge in [0.2, 0.25) is 0 Å². The molecular formula is C14H24N4S. The monoisotopic (exact) mass is 280 g/mol. The summed E-state index contributed by atoms with van der Waals surface area (Å²) in [6, 6.07) is 4.21. The van der Waals surface area contributed by atoms with Crippen LogP contribution in [-0.4, -0.2) is 46.6 Å². The number of hydrogen-bond acceptors (Lipinski definition) is 2. The molecule has 1 aromatic heterocycles. The molecule has 0 amide bonds. The first kappa shape index (κ1) is 14.3. The van der Waals surface area contributed by atoms with Gasteiger partial charge in [-0.05, 0) is 18.6 Å². The summed E-state index contributed by atoms with van der Waals surface area (Å²) in [5, 5.41) is 4.21. The van der Waals surface area contributed by atoms with Gasteiger partial charge in [0.1, 0.15) is 0 Å². The van der Waals surface area contributed by atoms with Crippen LogP contribution < -0.4 is 5.32 Å². The van der Waals surface area contributed by atoms with Crippen molar-refractivity contribution in [2.24, 2.45) is 12.0 Å². The predicted octanol–water partition coefficient (Wildman–Crippen LogP) is 1.93.